The number of phenolic OH excluding ortho intramolecular Hbond substituents is 1. The first-order valence-electron chi connectivity index (χ1n) is 41.2. The van der Waals surface area contributed by atoms with E-state index in [1.807, 2.05) is 140 Å². The Kier molecular flexibility index (Phi) is 33.7. The molecule has 0 saturated carbocycles. The van der Waals surface area contributed by atoms with E-state index in [4.69, 9.17) is 59.5 Å². The lowest BCUT2D eigenvalue weighted by molar-refractivity contribution is -0.156. The lowest BCUT2D eigenvalue weighted by Gasteiger charge is -2.29. The first-order valence-corrected chi connectivity index (χ1v) is 41.2. The van der Waals surface area contributed by atoms with Gasteiger partial charge in [-0.05, 0) is 193 Å². The molecule has 35 heteroatoms. The van der Waals surface area contributed by atoms with Crippen molar-refractivity contribution >= 4 is 96.7 Å². The number of esters is 1. The van der Waals surface area contributed by atoms with Crippen LogP contribution in [0.1, 0.15) is 105 Å². The number of benzene rings is 7. The van der Waals surface area contributed by atoms with Gasteiger partial charge in [-0.25, -0.2) is 36.4 Å². The molecule has 8 N–H and O–H groups in total. The van der Waals surface area contributed by atoms with E-state index in [0.717, 1.165) is 140 Å². The molecule has 0 unspecified atom stereocenters. The molecule has 0 aliphatic carbocycles. The van der Waals surface area contributed by atoms with Gasteiger partial charge in [-0.2, -0.15) is 28.4 Å². The third-order valence-corrected chi connectivity index (χ3v) is 20.9. The first kappa shape index (κ1) is 92.9. The highest BCUT2D eigenvalue weighted by molar-refractivity contribution is 5.99. The van der Waals surface area contributed by atoms with Crippen molar-refractivity contribution in [1.82, 2.24) is 25.6 Å². The number of aromatic nitrogens is 4. The number of alkyl halides is 3. The van der Waals surface area contributed by atoms with Gasteiger partial charge < -0.3 is 87.4 Å². The Morgan fingerprint density at radius 2 is 0.898 bits per heavy atom. The zero-order valence-electron chi connectivity index (χ0n) is 69.5. The number of rotatable bonds is 13. The number of hydrogen-bond acceptors (Lipinski definition) is 30. The molecule has 7 aromatic carbocycles. The number of carbonyl (C=O) groups excluding carboxylic acids is 3. The van der Waals surface area contributed by atoms with E-state index >= 15 is 0 Å². The van der Waals surface area contributed by atoms with Gasteiger partial charge in [-0.3, -0.25) is 9.59 Å². The summed E-state index contributed by atoms with van der Waals surface area (Å²) in [7, 11) is 0. The number of piperazine rings is 1. The van der Waals surface area contributed by atoms with Gasteiger partial charge in [-0.15, -0.1) is 0 Å². The predicted molar refractivity (Wildman–Crippen MR) is 474 cm³/mol. The molecule has 5 aliphatic heterocycles. The van der Waals surface area contributed by atoms with Crippen LogP contribution in [0.3, 0.4) is 0 Å². The van der Waals surface area contributed by atoms with Crippen LogP contribution in [0.15, 0.2) is 227 Å². The standard InChI is InChI=1S/C22H19N3O3.C21H18N4O3.C15H17N3O3.C15H14N2O2.C12H15NO2.C5H7NO2.C2HF3O.H3NO/c26-22-18(20-23-21(28-24-20)15-7-3-1-4-8-15)13-16-9-10-17(14-19(16)27-22)25-11-5-2-6-12-25;26-21-17(19-23-20(28-24-19)14-4-2-1-3-5-14)12-15-6-7-16(13-18(15)27-21)25-10-8-22-9-11-25;16-14(17-20)12-8-10-4-5-11(9-13(10)21-15(12)19)18-6-2-1-3-7-18;16-10-12-8-11-4-5-13(9-14(11)19-15(12)18)17-6-2-1-3-7-17;14-9-10-4-5-11(8-12(10)15)13-6-2-1-3-7-13;1-3-8-5(7)4-6-2;3-2(4,5)1-6;1-2/h1,3-4,7-10,13-14H,2,5-6,11-12H2;1-7,12-13,22H,8-11H2;4-5,8-9,20H,1-3,6-7H2,(H2,16,17);4-5,8-9H,1-3,6-7H2;4-5,8-9,15H,1-3,6-7H2;3-4H2,1H3;1H;2H,1H2. The number of ether oxygens (including phenoxy) is 1. The Labute approximate surface area is 725 Å². The van der Waals surface area contributed by atoms with Crippen molar-refractivity contribution in [3.8, 4) is 57.5 Å². The van der Waals surface area contributed by atoms with Crippen LogP contribution in [-0.4, -0.2) is 158 Å². The fourth-order valence-corrected chi connectivity index (χ4v) is 14.5. The van der Waals surface area contributed by atoms with Gasteiger partial charge in [0, 0.05) is 170 Å². The minimum atomic E-state index is -4.64. The number of oxime groups is 1. The number of aromatic hydroxyl groups is 1. The van der Waals surface area contributed by atoms with Crippen LogP contribution in [-0.2, 0) is 14.3 Å². The lowest BCUT2D eigenvalue weighted by Crippen LogP contribution is -2.43. The number of amidine groups is 1. The monoisotopic (exact) mass is 1740 g/mol. The van der Waals surface area contributed by atoms with Gasteiger partial charge in [0.2, 0.25) is 17.9 Å². The average molecular weight is 1740 g/mol. The van der Waals surface area contributed by atoms with Gasteiger partial charge >= 0.3 is 41.2 Å². The van der Waals surface area contributed by atoms with Crippen LogP contribution in [0, 0.1) is 17.9 Å². The summed E-state index contributed by atoms with van der Waals surface area (Å²) in [6.45, 7) is 20.2. The van der Waals surface area contributed by atoms with E-state index in [2.05, 4.69) is 76.8 Å². The largest absolute Gasteiger partial charge is 0.507 e. The number of anilines is 5. The fourth-order valence-electron chi connectivity index (χ4n) is 14.5. The first-order chi connectivity index (χ1) is 61.7. The maximum Gasteiger partial charge on any atom is 0.446 e. The highest BCUT2D eigenvalue weighted by Gasteiger charge is 2.26. The summed E-state index contributed by atoms with van der Waals surface area (Å²) in [5, 5.41) is 50.8. The fraction of sp³-hybridized carbons (Fsp3) is 0.304. The molecule has 0 spiro atoms. The van der Waals surface area contributed by atoms with Crippen molar-refractivity contribution in [3.63, 3.8) is 0 Å². The summed E-state index contributed by atoms with van der Waals surface area (Å²) in [4.78, 5) is 101. The molecule has 5 fully saturated rings. The summed E-state index contributed by atoms with van der Waals surface area (Å²) < 4.78 is 68.0. The molecular formula is C92H94F3N15O17. The van der Waals surface area contributed by atoms with E-state index in [0.29, 0.717) is 58.1 Å². The normalized spacial score (nSPS) is 14.4. The minimum absolute atomic E-state index is 0.0539. The van der Waals surface area contributed by atoms with Crippen molar-refractivity contribution < 1.29 is 74.5 Å². The summed E-state index contributed by atoms with van der Waals surface area (Å²) >= 11 is 0. The Morgan fingerprint density at radius 3 is 1.26 bits per heavy atom. The van der Waals surface area contributed by atoms with Crippen LogP contribution in [0.25, 0.3) is 94.4 Å². The average Bonchev–Trinajstić information content (AvgIpc) is 1.80. The smallest absolute Gasteiger partial charge is 0.446 e. The van der Waals surface area contributed by atoms with Crippen LogP contribution in [0.5, 0.6) is 5.75 Å². The van der Waals surface area contributed by atoms with Gasteiger partial charge in [0.25, 0.3) is 11.8 Å². The molecule has 127 heavy (non-hydrogen) atoms. The van der Waals surface area contributed by atoms with Gasteiger partial charge in [-0.1, -0.05) is 51.9 Å². The second-order valence-electron chi connectivity index (χ2n) is 29.4. The SMILES string of the molecule is N#Cc1cc2ccc(N3CCCCC3)cc2oc1=O.N/C(=N\O)c1cc2ccc(N3CCCCC3)cc2oc1=O.NO.O=CC(F)(F)F.O=Cc1ccc(N2CCCCC2)cc1O.O=c1oc2cc(N3CCCCC3)ccc2cc1-c1noc(-c2ccccc2)n1.O=c1oc2cc(N3CCNCC3)ccc2cc1-c1noc(-c2ccccc2)n1.[C-]#[N+]CC(=O)OCC. The van der Waals surface area contributed by atoms with E-state index in [1.54, 1.807) is 43.3 Å². The minimum Gasteiger partial charge on any atom is -0.507 e. The van der Waals surface area contributed by atoms with E-state index in [9.17, 15) is 47.0 Å². The van der Waals surface area contributed by atoms with Gasteiger partial charge in [0.15, 0.2) is 12.1 Å². The zero-order chi connectivity index (χ0) is 90.2. The van der Waals surface area contributed by atoms with Crippen LogP contribution >= 0.6 is 0 Å². The number of carbonyl (C=O) groups is 3. The maximum atomic E-state index is 12.6. The molecule has 0 bridgehead atoms. The van der Waals surface area contributed by atoms with E-state index < -0.39 is 40.9 Å². The number of aldehydes is 2. The molecule has 6 aromatic heterocycles. The van der Waals surface area contributed by atoms with Gasteiger partial charge in [0.05, 0.1) is 12.2 Å². The number of nitrogens with zero attached hydrogens (tertiary/aromatic N) is 12. The number of piperidine rings is 4. The highest BCUT2D eigenvalue weighted by Crippen LogP contribution is 2.33. The molecule has 5 aliphatic rings. The summed E-state index contributed by atoms with van der Waals surface area (Å²) in [5.41, 5.74) is 13.5. The molecule has 32 nitrogen and oxygen atoms in total. The Morgan fingerprint density at radius 1 is 0.535 bits per heavy atom. The number of nitrogens with one attached hydrogen (secondary N) is 1. The number of nitriles is 1. The number of hydrogen-bond donors (Lipinski definition) is 6. The summed E-state index contributed by atoms with van der Waals surface area (Å²) in [5.74, 6) is 4.08. The Balaban J connectivity index is 0.000000149. The quantitative estimate of drug-likeness (QED) is 0.00912. The summed E-state index contributed by atoms with van der Waals surface area (Å²) in [6, 6.07) is 56.1. The summed E-state index contributed by atoms with van der Waals surface area (Å²) in [6.07, 6.45) is 9.67. The lowest BCUT2D eigenvalue weighted by atomic mass is 10.1. The molecule has 0 radical (unpaired) electrons. The third-order valence-electron chi connectivity index (χ3n) is 20.9. The number of nitrogens with two attached hydrogens (primary N) is 2. The predicted octanol–water partition coefficient (Wildman–Crippen LogP) is 14.7. The molecule has 5 saturated heterocycles. The number of phenols is 1. The number of fused-ring (bicyclic) bond motifs is 4. The molecule has 0 amide bonds. The Bertz CT molecular complexity index is 6050. The molecule has 11 heterocycles. The third kappa shape index (κ3) is 25.7. The molecule has 660 valence electrons. The zero-order valence-corrected chi connectivity index (χ0v) is 69.5. The van der Waals surface area contributed by atoms with Crippen molar-refractivity contribution in [2.24, 2.45) is 16.8 Å². The second-order valence-corrected chi connectivity index (χ2v) is 29.4. The molecule has 13 aromatic rings. The van der Waals surface area contributed by atoms with E-state index in [-0.39, 0.29) is 46.5 Å². The van der Waals surface area contributed by atoms with Crippen molar-refractivity contribution in [1.29, 1.82) is 5.26 Å². The van der Waals surface area contributed by atoms with E-state index in [1.165, 1.54) is 77.0 Å². The maximum absolute atomic E-state index is 12.6. The van der Waals surface area contributed by atoms with Crippen molar-refractivity contribution in [2.75, 3.05) is 116 Å². The highest BCUT2D eigenvalue weighted by atomic mass is 19.4. The van der Waals surface area contributed by atoms with Gasteiger partial charge in [0.1, 0.15) is 56.4 Å². The molecule has 0 atom stereocenters. The van der Waals surface area contributed by atoms with Crippen LogP contribution < -0.4 is 63.9 Å². The molecular weight excluding hydrogens is 1640 g/mol. The second kappa shape index (κ2) is 46.1. The van der Waals surface area contributed by atoms with Crippen LogP contribution in [0.2, 0.25) is 0 Å². The Hall–Kier alpha value is -14.8. The number of halogens is 3. The van der Waals surface area contributed by atoms with Crippen LogP contribution in [0.4, 0.5) is 41.6 Å². The van der Waals surface area contributed by atoms with Crippen molar-refractivity contribution in [2.45, 2.75) is 90.1 Å². The van der Waals surface area contributed by atoms with Crippen molar-refractivity contribution in [3.05, 3.63) is 246 Å². The molecule has 18 rings (SSSR count). The topological polar surface area (TPSA) is 441 Å².